The Morgan fingerprint density at radius 1 is 0.939 bits per heavy atom. The second kappa shape index (κ2) is 11.7. The maximum absolute atomic E-state index is 12.7. The molecule has 0 saturated heterocycles. The summed E-state index contributed by atoms with van der Waals surface area (Å²) in [5, 5.41) is 6.29. The number of methoxy groups -OCH3 is 2. The lowest BCUT2D eigenvalue weighted by Crippen LogP contribution is -2.27. The van der Waals surface area contributed by atoms with Crippen molar-refractivity contribution in [1.82, 2.24) is 5.32 Å². The molecule has 0 heterocycles. The van der Waals surface area contributed by atoms with Gasteiger partial charge in [-0.3, -0.25) is 9.59 Å². The highest BCUT2D eigenvalue weighted by molar-refractivity contribution is 6.30. The van der Waals surface area contributed by atoms with Gasteiger partial charge in [0.25, 0.3) is 5.91 Å². The summed E-state index contributed by atoms with van der Waals surface area (Å²) in [6.45, 7) is 0.424. The van der Waals surface area contributed by atoms with E-state index in [1.54, 1.807) is 56.7 Å². The molecule has 0 atom stereocenters. The zero-order chi connectivity index (χ0) is 23.6. The number of hydrogen-bond acceptors (Lipinski definition) is 4. The van der Waals surface area contributed by atoms with Crippen LogP contribution in [0.2, 0.25) is 5.02 Å². The van der Waals surface area contributed by atoms with Crippen LogP contribution in [-0.2, 0) is 11.2 Å². The first-order valence-electron chi connectivity index (χ1n) is 10.3. The molecule has 0 aliphatic heterocycles. The van der Waals surface area contributed by atoms with E-state index in [1.807, 2.05) is 30.3 Å². The summed E-state index contributed by atoms with van der Waals surface area (Å²) in [7, 11) is 3.17. The SMILES string of the molecule is COc1ccc(CCNC(=O)c2ccccc2NC(=O)/C=C/c2ccc(Cl)cc2)cc1OC. The Balaban J connectivity index is 1.59. The van der Waals surface area contributed by atoms with Gasteiger partial charge in [0, 0.05) is 17.6 Å². The number of benzene rings is 3. The molecule has 7 heteroatoms. The van der Waals surface area contributed by atoms with Crippen LogP contribution >= 0.6 is 11.6 Å². The first-order valence-corrected chi connectivity index (χ1v) is 10.7. The van der Waals surface area contributed by atoms with Crippen molar-refractivity contribution in [2.75, 3.05) is 26.1 Å². The Morgan fingerprint density at radius 3 is 2.39 bits per heavy atom. The number of nitrogens with one attached hydrogen (secondary N) is 2. The lowest BCUT2D eigenvalue weighted by molar-refractivity contribution is -0.111. The smallest absolute Gasteiger partial charge is 0.253 e. The Bertz CT molecular complexity index is 1140. The number of carbonyl (C=O) groups excluding carboxylic acids is 2. The molecule has 2 N–H and O–H groups in total. The van der Waals surface area contributed by atoms with Crippen LogP contribution in [0.15, 0.2) is 72.8 Å². The molecule has 0 saturated carbocycles. The summed E-state index contributed by atoms with van der Waals surface area (Å²) in [5.41, 5.74) is 2.67. The average Bonchev–Trinajstić information content (AvgIpc) is 2.83. The van der Waals surface area contributed by atoms with Gasteiger partial charge >= 0.3 is 0 Å². The van der Waals surface area contributed by atoms with Crippen molar-refractivity contribution in [3.8, 4) is 11.5 Å². The molecule has 3 aromatic carbocycles. The summed E-state index contributed by atoms with van der Waals surface area (Å²) in [5.74, 6) is 0.685. The minimum absolute atomic E-state index is 0.270. The molecular weight excluding hydrogens is 440 g/mol. The van der Waals surface area contributed by atoms with Crippen molar-refractivity contribution < 1.29 is 19.1 Å². The molecule has 0 radical (unpaired) electrons. The van der Waals surface area contributed by atoms with Gasteiger partial charge in [-0.1, -0.05) is 41.9 Å². The monoisotopic (exact) mass is 464 g/mol. The highest BCUT2D eigenvalue weighted by Gasteiger charge is 2.12. The van der Waals surface area contributed by atoms with Crippen LogP contribution in [0.25, 0.3) is 6.08 Å². The highest BCUT2D eigenvalue weighted by atomic mass is 35.5. The van der Waals surface area contributed by atoms with E-state index < -0.39 is 0 Å². The molecule has 0 aliphatic rings. The minimum Gasteiger partial charge on any atom is -0.493 e. The lowest BCUT2D eigenvalue weighted by Gasteiger charge is -2.12. The average molecular weight is 465 g/mol. The lowest BCUT2D eigenvalue weighted by atomic mass is 10.1. The molecule has 0 fully saturated rings. The van der Waals surface area contributed by atoms with Gasteiger partial charge < -0.3 is 20.1 Å². The minimum atomic E-state index is -0.337. The van der Waals surface area contributed by atoms with Crippen LogP contribution in [0.4, 0.5) is 5.69 Å². The summed E-state index contributed by atoms with van der Waals surface area (Å²) >= 11 is 5.87. The van der Waals surface area contributed by atoms with Crippen molar-refractivity contribution in [3.63, 3.8) is 0 Å². The maximum Gasteiger partial charge on any atom is 0.253 e. The fourth-order valence-electron chi connectivity index (χ4n) is 3.16. The molecule has 0 spiro atoms. The second-order valence-electron chi connectivity index (χ2n) is 7.11. The number of rotatable bonds is 9. The highest BCUT2D eigenvalue weighted by Crippen LogP contribution is 2.27. The summed E-state index contributed by atoms with van der Waals surface area (Å²) in [4.78, 5) is 25.1. The third-order valence-electron chi connectivity index (χ3n) is 4.87. The van der Waals surface area contributed by atoms with Crippen molar-refractivity contribution in [2.45, 2.75) is 6.42 Å². The topological polar surface area (TPSA) is 76.7 Å². The maximum atomic E-state index is 12.7. The van der Waals surface area contributed by atoms with Crippen LogP contribution in [-0.4, -0.2) is 32.6 Å². The molecule has 0 unspecified atom stereocenters. The molecule has 0 aromatic heterocycles. The zero-order valence-corrected chi connectivity index (χ0v) is 19.2. The van der Waals surface area contributed by atoms with E-state index in [4.69, 9.17) is 21.1 Å². The molecule has 0 bridgehead atoms. The summed E-state index contributed by atoms with van der Waals surface area (Å²) in [6, 6.07) is 19.6. The van der Waals surface area contributed by atoms with Crippen LogP contribution in [0.3, 0.4) is 0 Å². The number of ether oxygens (including phenoxy) is 2. The Morgan fingerprint density at radius 2 is 1.67 bits per heavy atom. The second-order valence-corrected chi connectivity index (χ2v) is 7.55. The van der Waals surface area contributed by atoms with Crippen LogP contribution < -0.4 is 20.1 Å². The number of amides is 2. The van der Waals surface area contributed by atoms with Crippen LogP contribution in [0.1, 0.15) is 21.5 Å². The van der Waals surface area contributed by atoms with Crippen molar-refractivity contribution >= 4 is 35.2 Å². The predicted molar refractivity (Wildman–Crippen MR) is 131 cm³/mol. The van der Waals surface area contributed by atoms with E-state index in [0.29, 0.717) is 40.7 Å². The number of anilines is 1. The van der Waals surface area contributed by atoms with Crippen molar-refractivity contribution in [2.24, 2.45) is 0 Å². The Hall–Kier alpha value is -3.77. The van der Waals surface area contributed by atoms with Crippen LogP contribution in [0.5, 0.6) is 11.5 Å². The van der Waals surface area contributed by atoms with Gasteiger partial charge in [-0.2, -0.15) is 0 Å². The molecule has 3 rings (SSSR count). The fourth-order valence-corrected chi connectivity index (χ4v) is 3.29. The van der Waals surface area contributed by atoms with Gasteiger partial charge in [0.15, 0.2) is 11.5 Å². The van der Waals surface area contributed by atoms with E-state index in [0.717, 1.165) is 11.1 Å². The first kappa shape index (κ1) is 23.9. The van der Waals surface area contributed by atoms with Crippen molar-refractivity contribution in [1.29, 1.82) is 0 Å². The predicted octanol–water partition coefficient (Wildman–Crippen LogP) is 4.98. The first-order chi connectivity index (χ1) is 16.0. The Labute approximate surface area is 198 Å². The van der Waals surface area contributed by atoms with E-state index in [2.05, 4.69) is 10.6 Å². The third-order valence-corrected chi connectivity index (χ3v) is 5.13. The molecule has 2 amide bonds. The quantitative estimate of drug-likeness (QED) is 0.438. The third kappa shape index (κ3) is 6.85. The van der Waals surface area contributed by atoms with Gasteiger partial charge in [0.05, 0.1) is 25.5 Å². The van der Waals surface area contributed by atoms with Gasteiger partial charge in [-0.05, 0) is 60.0 Å². The van der Waals surface area contributed by atoms with Gasteiger partial charge in [0.1, 0.15) is 0 Å². The van der Waals surface area contributed by atoms with Gasteiger partial charge in [-0.25, -0.2) is 0 Å². The van der Waals surface area contributed by atoms with E-state index in [-0.39, 0.29) is 11.8 Å². The normalized spacial score (nSPS) is 10.6. The largest absolute Gasteiger partial charge is 0.493 e. The van der Waals surface area contributed by atoms with E-state index >= 15 is 0 Å². The molecule has 6 nitrogen and oxygen atoms in total. The van der Waals surface area contributed by atoms with Gasteiger partial charge in [-0.15, -0.1) is 0 Å². The van der Waals surface area contributed by atoms with Crippen molar-refractivity contribution in [3.05, 3.63) is 94.5 Å². The number of carbonyl (C=O) groups is 2. The standard InChI is InChI=1S/C26H25ClN2O4/c1-32-23-13-9-19(17-24(23)33-2)15-16-28-26(31)21-5-3-4-6-22(21)29-25(30)14-10-18-7-11-20(27)12-8-18/h3-14,17H,15-16H2,1-2H3,(H,28,31)(H,29,30)/b14-10+. The van der Waals surface area contributed by atoms with E-state index in [1.165, 1.54) is 6.08 Å². The van der Waals surface area contributed by atoms with E-state index in [9.17, 15) is 9.59 Å². The van der Waals surface area contributed by atoms with Crippen LogP contribution in [0, 0.1) is 0 Å². The molecule has 3 aromatic rings. The zero-order valence-electron chi connectivity index (χ0n) is 18.4. The number of hydrogen-bond donors (Lipinski definition) is 2. The fraction of sp³-hybridized carbons (Fsp3) is 0.154. The molecule has 33 heavy (non-hydrogen) atoms. The Kier molecular flexibility index (Phi) is 8.49. The number of para-hydroxylation sites is 1. The molecular formula is C26H25ClN2O4. The molecule has 0 aliphatic carbocycles. The summed E-state index contributed by atoms with van der Waals surface area (Å²) in [6.07, 6.45) is 3.71. The molecule has 170 valence electrons. The number of halogens is 1. The van der Waals surface area contributed by atoms with Gasteiger partial charge in [0.2, 0.25) is 5.91 Å². The summed E-state index contributed by atoms with van der Waals surface area (Å²) < 4.78 is 10.6.